The molecule has 27 heavy (non-hydrogen) atoms. The van der Waals surface area contributed by atoms with Crippen molar-refractivity contribution in [3.05, 3.63) is 78.9 Å². The summed E-state index contributed by atoms with van der Waals surface area (Å²) in [5.41, 5.74) is 3.85. The molecule has 1 aromatic heterocycles. The van der Waals surface area contributed by atoms with Gasteiger partial charge in [-0.05, 0) is 23.8 Å². The second-order valence-electron chi connectivity index (χ2n) is 6.28. The molecule has 0 fully saturated rings. The third-order valence-electron chi connectivity index (χ3n) is 4.28. The summed E-state index contributed by atoms with van der Waals surface area (Å²) in [6, 6.07) is 25.9. The molecule has 3 aromatic carbocycles. The van der Waals surface area contributed by atoms with Crippen LogP contribution < -0.4 is 10.2 Å². The largest absolute Gasteiger partial charge is 0.342 e. The Labute approximate surface area is 162 Å². The minimum Gasteiger partial charge on any atom is -0.342 e. The van der Waals surface area contributed by atoms with Crippen LogP contribution in [0.4, 0.5) is 10.8 Å². The van der Waals surface area contributed by atoms with Gasteiger partial charge < -0.3 is 10.2 Å². The Morgan fingerprint density at radius 1 is 0.963 bits per heavy atom. The zero-order valence-corrected chi connectivity index (χ0v) is 15.7. The lowest BCUT2D eigenvalue weighted by atomic mass is 10.0. The molecule has 0 spiro atoms. The maximum Gasteiger partial charge on any atom is 0.243 e. The Morgan fingerprint density at radius 3 is 2.48 bits per heavy atom. The molecular weight excluding hydrogens is 354 g/mol. The van der Waals surface area contributed by atoms with E-state index in [1.54, 1.807) is 11.3 Å². The van der Waals surface area contributed by atoms with Crippen molar-refractivity contribution in [3.8, 4) is 11.1 Å². The summed E-state index contributed by atoms with van der Waals surface area (Å²) in [5.74, 6) is -0.0693. The molecule has 0 atom stereocenters. The van der Waals surface area contributed by atoms with Crippen LogP contribution in [-0.2, 0) is 4.79 Å². The molecule has 1 N–H and O–H groups in total. The third kappa shape index (κ3) is 3.83. The summed E-state index contributed by atoms with van der Waals surface area (Å²) >= 11 is 1.59. The molecular formula is C22H19N3OS. The van der Waals surface area contributed by atoms with E-state index in [0.29, 0.717) is 0 Å². The Balaban J connectivity index is 1.50. The van der Waals surface area contributed by atoms with E-state index in [1.165, 1.54) is 0 Å². The highest BCUT2D eigenvalue weighted by Crippen LogP contribution is 2.29. The minimum atomic E-state index is -0.0693. The van der Waals surface area contributed by atoms with E-state index in [-0.39, 0.29) is 12.5 Å². The van der Waals surface area contributed by atoms with Gasteiger partial charge in [0.05, 0.1) is 16.8 Å². The van der Waals surface area contributed by atoms with Crippen LogP contribution in [0, 0.1) is 0 Å². The average Bonchev–Trinajstić information content (AvgIpc) is 3.13. The van der Waals surface area contributed by atoms with Crippen LogP contribution in [0.5, 0.6) is 0 Å². The van der Waals surface area contributed by atoms with Crippen molar-refractivity contribution in [1.82, 2.24) is 4.98 Å². The van der Waals surface area contributed by atoms with Crippen molar-refractivity contribution in [2.24, 2.45) is 0 Å². The molecule has 0 aliphatic carbocycles. The predicted octanol–water partition coefficient (Wildman–Crippen LogP) is 5.04. The van der Waals surface area contributed by atoms with Crippen molar-refractivity contribution in [3.63, 3.8) is 0 Å². The number of hydrogen-bond acceptors (Lipinski definition) is 4. The Bertz CT molecular complexity index is 1040. The Kier molecular flexibility index (Phi) is 4.85. The number of anilines is 2. The zero-order valence-electron chi connectivity index (χ0n) is 14.9. The fraction of sp³-hybridized carbons (Fsp3) is 0.0909. The second kappa shape index (κ2) is 7.60. The first kappa shape index (κ1) is 17.2. The first-order valence-corrected chi connectivity index (χ1v) is 9.53. The maximum absolute atomic E-state index is 12.6. The minimum absolute atomic E-state index is 0.0693. The molecule has 134 valence electrons. The highest BCUT2D eigenvalue weighted by Gasteiger charge is 2.13. The quantitative estimate of drug-likeness (QED) is 0.533. The maximum atomic E-state index is 12.6. The second-order valence-corrected chi connectivity index (χ2v) is 7.29. The van der Waals surface area contributed by atoms with E-state index in [0.717, 1.165) is 32.2 Å². The summed E-state index contributed by atoms with van der Waals surface area (Å²) in [6.45, 7) is 0.239. The lowest BCUT2D eigenvalue weighted by Crippen LogP contribution is -2.30. The molecule has 0 unspecified atom stereocenters. The van der Waals surface area contributed by atoms with Gasteiger partial charge in [0.15, 0.2) is 5.13 Å². The fourth-order valence-electron chi connectivity index (χ4n) is 2.96. The molecule has 5 heteroatoms. The number of benzene rings is 3. The van der Waals surface area contributed by atoms with Gasteiger partial charge in [0.1, 0.15) is 0 Å². The van der Waals surface area contributed by atoms with Gasteiger partial charge in [-0.15, -0.1) is 0 Å². The van der Waals surface area contributed by atoms with Crippen molar-refractivity contribution in [2.45, 2.75) is 0 Å². The van der Waals surface area contributed by atoms with Gasteiger partial charge in [-0.1, -0.05) is 72.0 Å². The topological polar surface area (TPSA) is 45.2 Å². The number of nitrogens with zero attached hydrogens (tertiary/aromatic N) is 2. The smallest absolute Gasteiger partial charge is 0.243 e. The number of amides is 1. The van der Waals surface area contributed by atoms with E-state index in [1.807, 2.05) is 90.8 Å². The number of likely N-dealkylation sites (N-methyl/N-ethyl adjacent to an activating group) is 1. The molecule has 0 saturated carbocycles. The third-order valence-corrected chi connectivity index (χ3v) is 5.43. The monoisotopic (exact) mass is 373 g/mol. The van der Waals surface area contributed by atoms with E-state index in [9.17, 15) is 4.79 Å². The molecule has 0 saturated heterocycles. The predicted molar refractivity (Wildman–Crippen MR) is 113 cm³/mol. The molecule has 4 rings (SSSR count). The van der Waals surface area contributed by atoms with Crippen LogP contribution in [0.25, 0.3) is 21.3 Å². The van der Waals surface area contributed by atoms with Crippen molar-refractivity contribution < 1.29 is 4.79 Å². The molecule has 4 nitrogen and oxygen atoms in total. The van der Waals surface area contributed by atoms with Crippen molar-refractivity contribution in [2.75, 3.05) is 23.8 Å². The number of carbonyl (C=O) groups excluding carboxylic acids is 1. The van der Waals surface area contributed by atoms with Gasteiger partial charge in [0.2, 0.25) is 5.91 Å². The Hall–Kier alpha value is -3.18. The van der Waals surface area contributed by atoms with Crippen LogP contribution >= 0.6 is 11.3 Å². The van der Waals surface area contributed by atoms with Gasteiger partial charge in [-0.25, -0.2) is 4.98 Å². The summed E-state index contributed by atoms with van der Waals surface area (Å²) in [6.07, 6.45) is 0. The summed E-state index contributed by atoms with van der Waals surface area (Å²) < 4.78 is 1.12. The van der Waals surface area contributed by atoms with E-state index in [4.69, 9.17) is 0 Å². The normalized spacial score (nSPS) is 10.7. The van der Waals surface area contributed by atoms with Crippen LogP contribution in [0.1, 0.15) is 0 Å². The average molecular weight is 373 g/mol. The lowest BCUT2D eigenvalue weighted by Gasteiger charge is -2.16. The number of rotatable bonds is 5. The molecule has 1 amide bonds. The molecule has 1 heterocycles. The van der Waals surface area contributed by atoms with Crippen LogP contribution in [0.3, 0.4) is 0 Å². The summed E-state index contributed by atoms with van der Waals surface area (Å²) in [7, 11) is 1.89. The number of hydrogen-bond donors (Lipinski definition) is 1. The van der Waals surface area contributed by atoms with Gasteiger partial charge in [-0.3, -0.25) is 4.79 Å². The van der Waals surface area contributed by atoms with Gasteiger partial charge >= 0.3 is 0 Å². The van der Waals surface area contributed by atoms with Gasteiger partial charge in [0.25, 0.3) is 0 Å². The summed E-state index contributed by atoms with van der Waals surface area (Å²) in [4.78, 5) is 19.1. The van der Waals surface area contributed by atoms with Crippen LogP contribution in [0.15, 0.2) is 78.9 Å². The van der Waals surface area contributed by atoms with Gasteiger partial charge in [0, 0.05) is 18.3 Å². The summed E-state index contributed by atoms with van der Waals surface area (Å²) in [5, 5.41) is 3.88. The van der Waals surface area contributed by atoms with E-state index in [2.05, 4.69) is 10.3 Å². The standard InChI is InChI=1S/C22H19N3OS/c1-25(22-24-19-13-7-8-14-20(19)27-22)15-21(26)23-18-12-6-5-11-17(18)16-9-3-2-4-10-16/h2-14H,15H2,1H3,(H,23,26). The highest BCUT2D eigenvalue weighted by atomic mass is 32.1. The number of para-hydroxylation sites is 2. The van der Waals surface area contributed by atoms with Crippen molar-refractivity contribution in [1.29, 1.82) is 0 Å². The molecule has 4 aromatic rings. The molecule has 0 aliphatic heterocycles. The van der Waals surface area contributed by atoms with Crippen LogP contribution in [-0.4, -0.2) is 24.5 Å². The van der Waals surface area contributed by atoms with Crippen molar-refractivity contribution >= 4 is 38.3 Å². The highest BCUT2D eigenvalue weighted by molar-refractivity contribution is 7.22. The molecule has 0 bridgehead atoms. The first-order valence-electron chi connectivity index (χ1n) is 8.72. The number of thiazole rings is 1. The number of carbonyl (C=O) groups is 1. The molecule has 0 aliphatic rings. The zero-order chi connectivity index (χ0) is 18.6. The molecule has 0 radical (unpaired) electrons. The van der Waals surface area contributed by atoms with E-state index >= 15 is 0 Å². The van der Waals surface area contributed by atoms with E-state index < -0.39 is 0 Å². The Morgan fingerprint density at radius 2 is 1.67 bits per heavy atom. The van der Waals surface area contributed by atoms with Crippen LogP contribution in [0.2, 0.25) is 0 Å². The lowest BCUT2D eigenvalue weighted by molar-refractivity contribution is -0.114. The SMILES string of the molecule is CN(CC(=O)Nc1ccccc1-c1ccccc1)c1nc2ccccc2s1. The fourth-order valence-corrected chi connectivity index (χ4v) is 3.88. The number of nitrogens with one attached hydrogen (secondary N) is 1. The number of fused-ring (bicyclic) bond motifs is 1. The van der Waals surface area contributed by atoms with Gasteiger partial charge in [-0.2, -0.15) is 0 Å². The number of aromatic nitrogens is 1. The first-order chi connectivity index (χ1) is 13.2.